The van der Waals surface area contributed by atoms with Crippen LogP contribution >= 0.6 is 0 Å². The molecule has 7 aromatic carbocycles. The van der Waals surface area contributed by atoms with Gasteiger partial charge in [-0.15, -0.1) is 0 Å². The van der Waals surface area contributed by atoms with Gasteiger partial charge in [-0.3, -0.25) is 19.2 Å². The zero-order chi connectivity index (χ0) is 58.7. The number of sulfone groups is 1. The maximum atomic E-state index is 13.3. The average Bonchev–Trinajstić information content (AvgIpc) is 3.46. The van der Waals surface area contributed by atoms with Crippen molar-refractivity contribution in [3.05, 3.63) is 246 Å². The fourth-order valence-corrected chi connectivity index (χ4v) is 8.86. The Morgan fingerprint density at radius 3 is 1.04 bits per heavy atom. The molecule has 0 aliphatic rings. The lowest BCUT2D eigenvalue weighted by molar-refractivity contribution is -0.165. The predicted molar refractivity (Wildman–Crippen MR) is 304 cm³/mol. The van der Waals surface area contributed by atoms with Gasteiger partial charge >= 0.3 is 36.1 Å². The van der Waals surface area contributed by atoms with Crippen molar-refractivity contribution in [3.63, 3.8) is 0 Å². The number of carbonyl (C=O) groups excluding carboxylic acids is 6. The fraction of sp³-hybridized carbons (Fsp3) is 0.250. The Kier molecular flexibility index (Phi) is 24.4. The number of rotatable bonds is 19. The smallest absolute Gasteiger partial charge is 0.408 e. The number of ether oxygens (including phenoxy) is 6. The first-order valence-electron chi connectivity index (χ1n) is 25.8. The van der Waals surface area contributed by atoms with Crippen molar-refractivity contribution < 1.29 is 65.6 Å². The molecule has 16 nitrogen and oxygen atoms in total. The number of esters is 4. The van der Waals surface area contributed by atoms with E-state index in [1.807, 2.05) is 121 Å². The van der Waals surface area contributed by atoms with Crippen LogP contribution in [0.25, 0.3) is 0 Å². The molecule has 0 spiro atoms. The molecule has 0 aliphatic heterocycles. The van der Waals surface area contributed by atoms with Gasteiger partial charge in [-0.2, -0.15) is 0 Å². The van der Waals surface area contributed by atoms with Gasteiger partial charge in [-0.25, -0.2) is 18.0 Å². The van der Waals surface area contributed by atoms with Crippen LogP contribution in [0.3, 0.4) is 0 Å². The summed E-state index contributed by atoms with van der Waals surface area (Å²) >= 11 is 0. The van der Waals surface area contributed by atoms with E-state index in [0.29, 0.717) is 11.1 Å². The molecule has 17 heteroatoms. The lowest BCUT2D eigenvalue weighted by Gasteiger charge is -2.27. The van der Waals surface area contributed by atoms with E-state index in [1.54, 1.807) is 120 Å². The van der Waals surface area contributed by atoms with Crippen LogP contribution in [-0.4, -0.2) is 55.7 Å². The van der Waals surface area contributed by atoms with E-state index in [2.05, 4.69) is 10.6 Å². The van der Waals surface area contributed by atoms with E-state index < -0.39 is 74.4 Å². The van der Waals surface area contributed by atoms with E-state index in [1.165, 1.54) is 12.1 Å². The third kappa shape index (κ3) is 23.0. The zero-order valence-electron chi connectivity index (χ0n) is 46.1. The average molecular weight is 1120 g/mol. The number of carbonyl (C=O) groups is 6. The number of benzene rings is 7. The second-order valence-electron chi connectivity index (χ2n) is 20.0. The van der Waals surface area contributed by atoms with Crippen LogP contribution in [0.1, 0.15) is 92.8 Å². The van der Waals surface area contributed by atoms with Crippen molar-refractivity contribution in [2.24, 2.45) is 5.92 Å². The zero-order valence-corrected chi connectivity index (χ0v) is 46.9. The Balaban J connectivity index is 0.000000234. The van der Waals surface area contributed by atoms with Crippen LogP contribution in [0.4, 0.5) is 9.59 Å². The molecular formula is C64H68N2O14S. The molecule has 424 valence electrons. The largest absolute Gasteiger partial charge is 0.460 e. The molecule has 0 heterocycles. The highest BCUT2D eigenvalue weighted by atomic mass is 32.2. The summed E-state index contributed by atoms with van der Waals surface area (Å²) < 4.78 is 57.6. The van der Waals surface area contributed by atoms with Crippen molar-refractivity contribution in [2.45, 2.75) is 102 Å². The number of nitrogens with one attached hydrogen (secondary N) is 2. The molecular weight excluding hydrogens is 1050 g/mol. The quantitative estimate of drug-likeness (QED) is 0.0438. The minimum absolute atomic E-state index is 0.0317. The third-order valence-corrected chi connectivity index (χ3v) is 13.0. The molecule has 0 aliphatic carbocycles. The van der Waals surface area contributed by atoms with E-state index in [0.717, 1.165) is 22.3 Å². The third-order valence-electron chi connectivity index (χ3n) is 11.0. The van der Waals surface area contributed by atoms with Gasteiger partial charge in [0.05, 0.1) is 10.9 Å². The van der Waals surface area contributed by atoms with Gasteiger partial charge in [0, 0.05) is 0 Å². The number of hydrogen-bond donors (Lipinski definition) is 2. The van der Waals surface area contributed by atoms with Crippen molar-refractivity contribution in [1.29, 1.82) is 0 Å². The SMILES string of the molecule is CC(C)(C)OC(=O)NC(c1ccccc1)C(C(=O)OCc1ccccc1)C(=O)OCc1ccccc1.CC(C)(C)OC(=O)NC(c1ccccc1)S(=O)(=O)c1ccccc1.O=C(CC(=O)OCc1ccccc1)OCc1ccccc1. The van der Waals surface area contributed by atoms with Gasteiger partial charge in [0.25, 0.3) is 0 Å². The first kappa shape index (κ1) is 62.7. The van der Waals surface area contributed by atoms with Crippen molar-refractivity contribution in [3.8, 4) is 0 Å². The van der Waals surface area contributed by atoms with E-state index >= 15 is 0 Å². The van der Waals surface area contributed by atoms with Crippen LogP contribution in [0.5, 0.6) is 0 Å². The summed E-state index contributed by atoms with van der Waals surface area (Å²) in [7, 11) is -3.82. The molecule has 7 aromatic rings. The highest BCUT2D eigenvalue weighted by molar-refractivity contribution is 7.91. The molecule has 0 saturated heterocycles. The molecule has 81 heavy (non-hydrogen) atoms. The van der Waals surface area contributed by atoms with Gasteiger partial charge in [0.1, 0.15) is 44.1 Å². The molecule has 0 bridgehead atoms. The molecule has 2 unspecified atom stereocenters. The van der Waals surface area contributed by atoms with Crippen molar-refractivity contribution >= 4 is 45.9 Å². The van der Waals surface area contributed by atoms with Gasteiger partial charge in [-0.1, -0.05) is 200 Å². The van der Waals surface area contributed by atoms with Crippen LogP contribution in [-0.2, 0) is 83.9 Å². The highest BCUT2D eigenvalue weighted by Gasteiger charge is 2.41. The Bertz CT molecular complexity index is 3050. The Morgan fingerprint density at radius 2 is 0.691 bits per heavy atom. The van der Waals surface area contributed by atoms with E-state index in [4.69, 9.17) is 28.4 Å². The normalized spacial score (nSPS) is 11.7. The van der Waals surface area contributed by atoms with Gasteiger partial charge in [-0.05, 0) is 87.1 Å². The summed E-state index contributed by atoms with van der Waals surface area (Å²) in [6, 6.07) is 61.0. The summed E-state index contributed by atoms with van der Waals surface area (Å²) in [5.41, 5.74) is 2.78. The Morgan fingerprint density at radius 1 is 0.395 bits per heavy atom. The summed E-state index contributed by atoms with van der Waals surface area (Å²) in [5.74, 6) is -4.27. The summed E-state index contributed by atoms with van der Waals surface area (Å²) in [5, 5.41) is 3.94. The molecule has 2 amide bonds. The maximum Gasteiger partial charge on any atom is 0.408 e. The molecule has 2 N–H and O–H groups in total. The number of alkyl carbamates (subject to hydrolysis) is 2. The fourth-order valence-electron chi connectivity index (χ4n) is 7.28. The first-order chi connectivity index (χ1) is 38.7. The van der Waals surface area contributed by atoms with Crippen LogP contribution in [0.2, 0.25) is 0 Å². The molecule has 0 aromatic heterocycles. The maximum absolute atomic E-state index is 13.3. The predicted octanol–water partition coefficient (Wildman–Crippen LogP) is 11.9. The minimum Gasteiger partial charge on any atom is -0.460 e. The second kappa shape index (κ2) is 31.5. The monoisotopic (exact) mass is 1120 g/mol. The van der Waals surface area contributed by atoms with Gasteiger partial charge < -0.3 is 39.1 Å². The standard InChI is InChI=1S/C29H31NO6.C18H21NO4S.C17H16O4/c1-29(2,3)36-28(33)30-25(23-17-11-6-12-18-23)24(26(31)34-19-21-13-7-4-8-14-21)27(32)35-20-22-15-9-5-10-16-22;1-18(2,3)23-17(20)19-16(14-10-6-4-7-11-14)24(21,22)15-12-8-5-9-13-15;18-16(20-12-14-7-3-1-4-8-14)11-17(19)21-13-15-9-5-2-6-10-15/h4-18,24-25H,19-20H2,1-3H3,(H,30,33);4-13,16H,1-3H3,(H,19,20);1-10H,11-13H2. The van der Waals surface area contributed by atoms with Crippen LogP contribution < -0.4 is 10.6 Å². The first-order valence-corrected chi connectivity index (χ1v) is 27.4. The van der Waals surface area contributed by atoms with Gasteiger partial charge in [0.2, 0.25) is 9.84 Å². The van der Waals surface area contributed by atoms with E-state index in [-0.39, 0.29) is 37.7 Å². The minimum atomic E-state index is -3.82. The van der Waals surface area contributed by atoms with Crippen molar-refractivity contribution in [2.75, 3.05) is 0 Å². The van der Waals surface area contributed by atoms with Gasteiger partial charge in [0.15, 0.2) is 11.3 Å². The highest BCUT2D eigenvalue weighted by Crippen LogP contribution is 2.29. The number of hydrogen-bond acceptors (Lipinski definition) is 14. The van der Waals surface area contributed by atoms with E-state index in [9.17, 15) is 37.2 Å². The second-order valence-corrected chi connectivity index (χ2v) is 22.0. The summed E-state index contributed by atoms with van der Waals surface area (Å²) in [6.07, 6.45) is -1.93. The van der Waals surface area contributed by atoms with Crippen LogP contribution in [0.15, 0.2) is 217 Å². The van der Waals surface area contributed by atoms with Crippen molar-refractivity contribution in [1.82, 2.24) is 10.6 Å². The lowest BCUT2D eigenvalue weighted by Crippen LogP contribution is -2.43. The summed E-state index contributed by atoms with van der Waals surface area (Å²) in [6.45, 7) is 10.6. The lowest BCUT2D eigenvalue weighted by atomic mass is 9.93. The summed E-state index contributed by atoms with van der Waals surface area (Å²) in [4.78, 5) is 74.7. The number of amides is 2. The molecule has 0 fully saturated rings. The molecule has 7 rings (SSSR count). The topological polar surface area (TPSA) is 216 Å². The Labute approximate surface area is 473 Å². The molecule has 2 atom stereocenters. The molecule has 0 saturated carbocycles. The Hall–Kier alpha value is -9.09. The molecule has 0 radical (unpaired) electrons. The van der Waals surface area contributed by atoms with Crippen LogP contribution in [0, 0.1) is 5.92 Å².